The molecular weight excluding hydrogens is 371 g/mol. The van der Waals surface area contributed by atoms with Crippen molar-refractivity contribution in [3.63, 3.8) is 0 Å². The first-order valence-electron chi connectivity index (χ1n) is 9.84. The van der Waals surface area contributed by atoms with Crippen LogP contribution in [0.5, 0.6) is 5.75 Å². The highest BCUT2D eigenvalue weighted by Gasteiger charge is 2.29. The van der Waals surface area contributed by atoms with E-state index in [0.717, 1.165) is 11.1 Å². The largest absolute Gasteiger partial charge is 0.484 e. The van der Waals surface area contributed by atoms with Crippen LogP contribution in [-0.4, -0.2) is 35.4 Å². The first-order valence-corrected chi connectivity index (χ1v) is 9.84. The minimum atomic E-state index is -0.610. The van der Waals surface area contributed by atoms with E-state index >= 15 is 0 Å². The minimum absolute atomic E-state index is 0.0255. The summed E-state index contributed by atoms with van der Waals surface area (Å²) in [5.41, 5.74) is 2.02. The lowest BCUT2D eigenvalue weighted by atomic mass is 10.1. The van der Waals surface area contributed by atoms with Crippen LogP contribution >= 0.6 is 0 Å². The van der Waals surface area contributed by atoms with Gasteiger partial charge in [0.2, 0.25) is 5.91 Å². The lowest BCUT2D eigenvalue weighted by molar-refractivity contribution is -0.143. The van der Waals surface area contributed by atoms with Crippen molar-refractivity contribution in [1.29, 1.82) is 0 Å². The molecule has 2 aromatic carbocycles. The number of amides is 2. The van der Waals surface area contributed by atoms with E-state index in [1.165, 1.54) is 24.3 Å². The maximum Gasteiger partial charge on any atom is 0.261 e. The number of halogens is 1. The third-order valence-corrected chi connectivity index (χ3v) is 4.59. The van der Waals surface area contributed by atoms with Gasteiger partial charge in [-0.3, -0.25) is 9.59 Å². The summed E-state index contributed by atoms with van der Waals surface area (Å²) in [5.74, 6) is -0.467. The van der Waals surface area contributed by atoms with E-state index in [1.807, 2.05) is 52.0 Å². The maximum absolute atomic E-state index is 13.1. The van der Waals surface area contributed by atoms with Crippen molar-refractivity contribution in [2.45, 2.75) is 52.7 Å². The molecule has 5 nitrogen and oxygen atoms in total. The predicted octanol–water partition coefficient (Wildman–Crippen LogP) is 3.84. The fourth-order valence-corrected chi connectivity index (χ4v) is 3.03. The van der Waals surface area contributed by atoms with Crippen molar-refractivity contribution in [3.05, 3.63) is 65.5 Å². The van der Waals surface area contributed by atoms with Gasteiger partial charge < -0.3 is 15.0 Å². The van der Waals surface area contributed by atoms with Crippen molar-refractivity contribution < 1.29 is 18.7 Å². The van der Waals surface area contributed by atoms with E-state index in [2.05, 4.69) is 5.32 Å². The van der Waals surface area contributed by atoms with Gasteiger partial charge in [0.05, 0.1) is 0 Å². The van der Waals surface area contributed by atoms with Gasteiger partial charge in [-0.05, 0) is 62.6 Å². The van der Waals surface area contributed by atoms with Crippen LogP contribution in [-0.2, 0) is 16.1 Å². The molecule has 0 aromatic heterocycles. The Morgan fingerprint density at radius 2 is 1.76 bits per heavy atom. The monoisotopic (exact) mass is 400 g/mol. The molecule has 29 heavy (non-hydrogen) atoms. The fourth-order valence-electron chi connectivity index (χ4n) is 3.03. The predicted molar refractivity (Wildman–Crippen MR) is 111 cm³/mol. The Bertz CT molecular complexity index is 821. The fraction of sp³-hybridized carbons (Fsp3) is 0.391. The molecule has 0 saturated carbocycles. The van der Waals surface area contributed by atoms with Crippen molar-refractivity contribution in [3.8, 4) is 5.75 Å². The second kappa shape index (κ2) is 10.6. The molecule has 2 amide bonds. The van der Waals surface area contributed by atoms with Crippen LogP contribution in [0.3, 0.4) is 0 Å². The molecule has 0 unspecified atom stereocenters. The standard InChI is InChI=1S/C23H29FN2O3/c1-5-21(23(28)25-16(2)3)26(14-18-9-7-6-8-17(18)4)22(27)15-29-20-12-10-19(24)11-13-20/h6-13,16,21H,5,14-15H2,1-4H3,(H,25,28)/t21-/m0/s1. The van der Waals surface area contributed by atoms with Gasteiger partial charge in [0.1, 0.15) is 17.6 Å². The molecule has 0 spiro atoms. The highest BCUT2D eigenvalue weighted by Crippen LogP contribution is 2.17. The lowest BCUT2D eigenvalue weighted by Gasteiger charge is -2.31. The molecule has 0 aliphatic carbocycles. The van der Waals surface area contributed by atoms with Gasteiger partial charge in [-0.15, -0.1) is 0 Å². The third-order valence-electron chi connectivity index (χ3n) is 4.59. The van der Waals surface area contributed by atoms with Gasteiger partial charge in [-0.1, -0.05) is 31.2 Å². The van der Waals surface area contributed by atoms with Crippen LogP contribution in [0.4, 0.5) is 4.39 Å². The normalized spacial score (nSPS) is 11.8. The van der Waals surface area contributed by atoms with Gasteiger partial charge in [0.15, 0.2) is 6.61 Å². The van der Waals surface area contributed by atoms with E-state index in [4.69, 9.17) is 4.74 Å². The summed E-state index contributed by atoms with van der Waals surface area (Å²) in [6.45, 7) is 7.70. The molecular formula is C23H29FN2O3. The second-order valence-electron chi connectivity index (χ2n) is 7.28. The van der Waals surface area contributed by atoms with Crippen LogP contribution in [0.15, 0.2) is 48.5 Å². The quantitative estimate of drug-likeness (QED) is 0.696. The Hall–Kier alpha value is -2.89. The van der Waals surface area contributed by atoms with Gasteiger partial charge in [-0.25, -0.2) is 4.39 Å². The van der Waals surface area contributed by atoms with E-state index < -0.39 is 6.04 Å². The number of nitrogens with one attached hydrogen (secondary N) is 1. The molecule has 0 heterocycles. The zero-order chi connectivity index (χ0) is 21.4. The molecule has 2 aromatic rings. The number of rotatable bonds is 9. The summed E-state index contributed by atoms with van der Waals surface area (Å²) < 4.78 is 18.6. The van der Waals surface area contributed by atoms with Crippen LogP contribution < -0.4 is 10.1 Å². The summed E-state index contributed by atoms with van der Waals surface area (Å²) in [6.07, 6.45) is 0.479. The molecule has 1 N–H and O–H groups in total. The van der Waals surface area contributed by atoms with Gasteiger partial charge >= 0.3 is 0 Å². The molecule has 6 heteroatoms. The SMILES string of the molecule is CC[C@@H](C(=O)NC(C)C)N(Cc1ccccc1C)C(=O)COc1ccc(F)cc1. The molecule has 0 radical (unpaired) electrons. The van der Waals surface area contributed by atoms with Crippen molar-refractivity contribution >= 4 is 11.8 Å². The number of carbonyl (C=O) groups is 2. The highest BCUT2D eigenvalue weighted by molar-refractivity contribution is 5.88. The zero-order valence-electron chi connectivity index (χ0n) is 17.4. The topological polar surface area (TPSA) is 58.6 Å². The summed E-state index contributed by atoms with van der Waals surface area (Å²) in [5, 5.41) is 2.89. The highest BCUT2D eigenvalue weighted by atomic mass is 19.1. The number of benzene rings is 2. The molecule has 2 rings (SSSR count). The van der Waals surface area contributed by atoms with Gasteiger partial charge in [0, 0.05) is 12.6 Å². The number of hydrogen-bond acceptors (Lipinski definition) is 3. The summed E-state index contributed by atoms with van der Waals surface area (Å²) in [6, 6.07) is 12.6. The first kappa shape index (κ1) is 22.4. The second-order valence-corrected chi connectivity index (χ2v) is 7.28. The average Bonchev–Trinajstić information content (AvgIpc) is 2.68. The zero-order valence-corrected chi connectivity index (χ0v) is 17.4. The smallest absolute Gasteiger partial charge is 0.261 e. The molecule has 0 fully saturated rings. The first-order chi connectivity index (χ1) is 13.8. The van der Waals surface area contributed by atoms with Crippen LogP contribution in [0.25, 0.3) is 0 Å². The maximum atomic E-state index is 13.1. The number of nitrogens with zero attached hydrogens (tertiary/aromatic N) is 1. The van der Waals surface area contributed by atoms with Crippen molar-refractivity contribution in [2.24, 2.45) is 0 Å². The number of carbonyl (C=O) groups excluding carboxylic acids is 2. The summed E-state index contributed by atoms with van der Waals surface area (Å²) in [7, 11) is 0. The van der Waals surface area contributed by atoms with E-state index in [9.17, 15) is 14.0 Å². The minimum Gasteiger partial charge on any atom is -0.484 e. The van der Waals surface area contributed by atoms with E-state index in [-0.39, 0.29) is 30.3 Å². The summed E-state index contributed by atoms with van der Waals surface area (Å²) in [4.78, 5) is 27.3. The lowest BCUT2D eigenvalue weighted by Crippen LogP contribution is -2.51. The van der Waals surface area contributed by atoms with Crippen LogP contribution in [0.1, 0.15) is 38.3 Å². The Morgan fingerprint density at radius 1 is 1.10 bits per heavy atom. The molecule has 1 atom stereocenters. The van der Waals surface area contributed by atoms with Crippen molar-refractivity contribution in [1.82, 2.24) is 10.2 Å². The molecule has 0 bridgehead atoms. The Morgan fingerprint density at radius 3 is 2.34 bits per heavy atom. The van der Waals surface area contributed by atoms with Gasteiger partial charge in [0.25, 0.3) is 5.91 Å². The molecule has 0 aliphatic rings. The molecule has 0 saturated heterocycles. The Balaban J connectivity index is 2.21. The average molecular weight is 400 g/mol. The number of aryl methyl sites for hydroxylation is 1. The molecule has 156 valence electrons. The van der Waals surface area contributed by atoms with E-state index in [1.54, 1.807) is 4.90 Å². The van der Waals surface area contributed by atoms with Gasteiger partial charge in [-0.2, -0.15) is 0 Å². The number of ether oxygens (including phenoxy) is 1. The third kappa shape index (κ3) is 6.59. The summed E-state index contributed by atoms with van der Waals surface area (Å²) >= 11 is 0. The van der Waals surface area contributed by atoms with Crippen molar-refractivity contribution in [2.75, 3.05) is 6.61 Å². The van der Waals surface area contributed by atoms with Crippen LogP contribution in [0, 0.1) is 12.7 Å². The molecule has 0 aliphatic heterocycles. The Kier molecular flexibility index (Phi) is 8.19. The Labute approximate surface area is 171 Å². The van der Waals surface area contributed by atoms with Crippen LogP contribution in [0.2, 0.25) is 0 Å². The van der Waals surface area contributed by atoms with E-state index in [0.29, 0.717) is 18.7 Å². The number of hydrogen-bond donors (Lipinski definition) is 1.